The number of rotatable bonds is 4. The van der Waals surface area contributed by atoms with E-state index in [1.807, 2.05) is 91.0 Å². The van der Waals surface area contributed by atoms with E-state index in [2.05, 4.69) is 6.29 Å². The predicted molar refractivity (Wildman–Crippen MR) is 84.9 cm³/mol. The topological polar surface area (TPSA) is 17.1 Å². The molecule has 3 aromatic carbocycles. The molecule has 101 valence electrons. The smallest absolute Gasteiger partial charge is 0.219 e. The molecule has 0 heterocycles. The summed E-state index contributed by atoms with van der Waals surface area (Å²) in [7, 11) is 0. The van der Waals surface area contributed by atoms with Crippen molar-refractivity contribution in [3.63, 3.8) is 0 Å². The lowest BCUT2D eigenvalue weighted by atomic mass is 9.70. The monoisotopic (exact) mass is 271 g/mol. The lowest BCUT2D eigenvalue weighted by molar-refractivity contribution is 0.533. The van der Waals surface area contributed by atoms with E-state index in [4.69, 9.17) is 0 Å². The number of hydrogen-bond acceptors (Lipinski definition) is 1. The summed E-state index contributed by atoms with van der Waals surface area (Å²) in [5, 5.41) is 0. The third-order valence-electron chi connectivity index (χ3n) is 3.77. The second-order valence-corrected chi connectivity index (χ2v) is 4.95. The standard InChI is InChI=1S/C20H15O/c21-16-20(17-10-4-1-5-11-17,18-12-6-2-7-13-18)19-14-8-3-9-15-19/h1-15H. The van der Waals surface area contributed by atoms with E-state index in [0.29, 0.717) is 0 Å². The van der Waals surface area contributed by atoms with Crippen molar-refractivity contribution >= 4 is 6.29 Å². The fraction of sp³-hybridized carbons (Fsp3) is 0.0500. The summed E-state index contributed by atoms with van der Waals surface area (Å²) in [6, 6.07) is 29.4. The quantitative estimate of drug-likeness (QED) is 0.652. The predicted octanol–water partition coefficient (Wildman–Crippen LogP) is 4.13. The van der Waals surface area contributed by atoms with Gasteiger partial charge in [0.2, 0.25) is 6.29 Å². The normalized spacial score (nSPS) is 11.0. The molecule has 0 aliphatic rings. The molecule has 0 atom stereocenters. The van der Waals surface area contributed by atoms with Gasteiger partial charge in [0.25, 0.3) is 0 Å². The molecule has 1 nitrogen and oxygen atoms in total. The van der Waals surface area contributed by atoms with Crippen molar-refractivity contribution in [3.05, 3.63) is 108 Å². The fourth-order valence-corrected chi connectivity index (χ4v) is 2.74. The lowest BCUT2D eigenvalue weighted by Gasteiger charge is -2.29. The van der Waals surface area contributed by atoms with Crippen LogP contribution in [0.25, 0.3) is 0 Å². The summed E-state index contributed by atoms with van der Waals surface area (Å²) in [5.41, 5.74) is 1.90. The van der Waals surface area contributed by atoms with E-state index in [9.17, 15) is 4.79 Å². The summed E-state index contributed by atoms with van der Waals surface area (Å²) in [6.45, 7) is 0. The zero-order chi connectivity index (χ0) is 14.5. The van der Waals surface area contributed by atoms with Crippen molar-refractivity contribution in [1.29, 1.82) is 0 Å². The van der Waals surface area contributed by atoms with Crippen molar-refractivity contribution in [3.8, 4) is 0 Å². The Hall–Kier alpha value is -2.67. The van der Waals surface area contributed by atoms with E-state index in [1.54, 1.807) is 0 Å². The van der Waals surface area contributed by atoms with Crippen molar-refractivity contribution in [2.75, 3.05) is 0 Å². The van der Waals surface area contributed by atoms with Gasteiger partial charge < -0.3 is 0 Å². The van der Waals surface area contributed by atoms with Crippen LogP contribution in [-0.4, -0.2) is 6.29 Å². The SMILES string of the molecule is O=[C]C(c1ccccc1)(c1ccccc1)c1ccccc1. The molecule has 0 spiro atoms. The van der Waals surface area contributed by atoms with Crippen molar-refractivity contribution < 1.29 is 4.79 Å². The summed E-state index contributed by atoms with van der Waals surface area (Å²) in [5.74, 6) is 0. The first kappa shape index (κ1) is 13.3. The molecular weight excluding hydrogens is 256 g/mol. The number of hydrogen-bond donors (Lipinski definition) is 0. The molecule has 0 unspecified atom stereocenters. The first-order valence-electron chi connectivity index (χ1n) is 6.94. The van der Waals surface area contributed by atoms with Crippen molar-refractivity contribution in [2.24, 2.45) is 0 Å². The molecule has 0 aliphatic carbocycles. The van der Waals surface area contributed by atoms with Crippen LogP contribution in [-0.2, 0) is 10.2 Å². The highest BCUT2D eigenvalue weighted by Gasteiger charge is 2.36. The van der Waals surface area contributed by atoms with Gasteiger partial charge in [0, 0.05) is 0 Å². The average Bonchev–Trinajstić information content (AvgIpc) is 2.59. The van der Waals surface area contributed by atoms with Crippen LogP contribution in [0.3, 0.4) is 0 Å². The van der Waals surface area contributed by atoms with Gasteiger partial charge in [0.05, 0.1) is 0 Å². The highest BCUT2D eigenvalue weighted by molar-refractivity contribution is 5.81. The molecule has 1 heteroatoms. The zero-order valence-corrected chi connectivity index (χ0v) is 11.6. The average molecular weight is 271 g/mol. The molecule has 0 amide bonds. The second-order valence-electron chi connectivity index (χ2n) is 4.95. The molecule has 21 heavy (non-hydrogen) atoms. The third kappa shape index (κ3) is 2.27. The van der Waals surface area contributed by atoms with E-state index in [0.717, 1.165) is 16.7 Å². The minimum absolute atomic E-state index is 0.885. The Morgan fingerprint density at radius 1 is 0.524 bits per heavy atom. The Morgan fingerprint density at radius 3 is 1.05 bits per heavy atom. The molecule has 0 fully saturated rings. The third-order valence-corrected chi connectivity index (χ3v) is 3.77. The van der Waals surface area contributed by atoms with Gasteiger partial charge in [-0.2, -0.15) is 0 Å². The van der Waals surface area contributed by atoms with Gasteiger partial charge in [-0.15, -0.1) is 0 Å². The van der Waals surface area contributed by atoms with Crippen molar-refractivity contribution in [2.45, 2.75) is 5.41 Å². The van der Waals surface area contributed by atoms with Gasteiger partial charge in [0.1, 0.15) is 5.41 Å². The van der Waals surface area contributed by atoms with Crippen LogP contribution in [0.2, 0.25) is 0 Å². The number of benzene rings is 3. The molecule has 0 saturated carbocycles. The van der Waals surface area contributed by atoms with Crippen LogP contribution in [0, 0.1) is 0 Å². The summed E-state index contributed by atoms with van der Waals surface area (Å²) < 4.78 is 0. The van der Waals surface area contributed by atoms with Crippen LogP contribution >= 0.6 is 0 Å². The van der Waals surface area contributed by atoms with Crippen molar-refractivity contribution in [1.82, 2.24) is 0 Å². The van der Waals surface area contributed by atoms with Crippen LogP contribution in [0.1, 0.15) is 16.7 Å². The maximum Gasteiger partial charge on any atom is 0.219 e. The van der Waals surface area contributed by atoms with Crippen LogP contribution in [0.4, 0.5) is 0 Å². The molecule has 0 bridgehead atoms. The highest BCUT2D eigenvalue weighted by atomic mass is 16.1. The maximum absolute atomic E-state index is 12.1. The van der Waals surface area contributed by atoms with Gasteiger partial charge in [-0.3, -0.25) is 4.79 Å². The summed E-state index contributed by atoms with van der Waals surface area (Å²) >= 11 is 0. The Bertz CT molecular complexity index is 606. The van der Waals surface area contributed by atoms with E-state index < -0.39 is 5.41 Å². The number of carbonyl (C=O) groups excluding carboxylic acids is 1. The minimum Gasteiger partial charge on any atom is -0.289 e. The largest absolute Gasteiger partial charge is 0.289 e. The van der Waals surface area contributed by atoms with Gasteiger partial charge in [-0.1, -0.05) is 91.0 Å². The lowest BCUT2D eigenvalue weighted by Crippen LogP contribution is -2.31. The summed E-state index contributed by atoms with van der Waals surface area (Å²) in [6.07, 6.45) is 2.31. The van der Waals surface area contributed by atoms with Crippen LogP contribution in [0.15, 0.2) is 91.0 Å². The van der Waals surface area contributed by atoms with E-state index in [1.165, 1.54) is 0 Å². The van der Waals surface area contributed by atoms with Gasteiger partial charge in [-0.05, 0) is 16.7 Å². The summed E-state index contributed by atoms with van der Waals surface area (Å²) in [4.78, 5) is 12.1. The van der Waals surface area contributed by atoms with E-state index >= 15 is 0 Å². The van der Waals surface area contributed by atoms with Gasteiger partial charge >= 0.3 is 0 Å². The Morgan fingerprint density at radius 2 is 0.810 bits per heavy atom. The molecule has 3 rings (SSSR count). The highest BCUT2D eigenvalue weighted by Crippen LogP contribution is 2.37. The zero-order valence-electron chi connectivity index (χ0n) is 11.6. The van der Waals surface area contributed by atoms with E-state index in [-0.39, 0.29) is 0 Å². The molecule has 0 saturated heterocycles. The Balaban J connectivity index is 2.31. The molecule has 1 radical (unpaired) electrons. The molecule has 0 aliphatic heterocycles. The van der Waals surface area contributed by atoms with Gasteiger partial charge in [0.15, 0.2) is 0 Å². The van der Waals surface area contributed by atoms with Crippen LogP contribution in [0.5, 0.6) is 0 Å². The molecule has 3 aromatic rings. The van der Waals surface area contributed by atoms with Crippen LogP contribution < -0.4 is 0 Å². The fourth-order valence-electron chi connectivity index (χ4n) is 2.74. The second kappa shape index (κ2) is 5.76. The minimum atomic E-state index is -0.885. The first-order valence-corrected chi connectivity index (χ1v) is 6.94. The maximum atomic E-state index is 12.1. The Kier molecular flexibility index (Phi) is 3.65. The Labute approximate surface area is 124 Å². The molecular formula is C20H15O. The molecule has 0 aromatic heterocycles. The first-order chi connectivity index (χ1) is 10.4. The molecule has 0 N–H and O–H groups in total. The van der Waals surface area contributed by atoms with Gasteiger partial charge in [-0.25, -0.2) is 0 Å².